The van der Waals surface area contributed by atoms with Gasteiger partial charge in [-0.05, 0) is 30.7 Å². The highest BCUT2D eigenvalue weighted by atomic mass is 32.2. The molecule has 0 heterocycles. The highest BCUT2D eigenvalue weighted by Crippen LogP contribution is 2.45. The van der Waals surface area contributed by atoms with Gasteiger partial charge in [0.2, 0.25) is 0 Å². The van der Waals surface area contributed by atoms with Crippen molar-refractivity contribution in [2.24, 2.45) is 0 Å². The van der Waals surface area contributed by atoms with E-state index in [2.05, 4.69) is 11.9 Å². The van der Waals surface area contributed by atoms with E-state index in [0.717, 1.165) is 18.2 Å². The fourth-order valence-electron chi connectivity index (χ4n) is 2.35. The molecular weight excluding hydrogens is 449 g/mol. The Kier molecular flexibility index (Phi) is 6.32. The summed E-state index contributed by atoms with van der Waals surface area (Å²) in [6.45, 7) is 4.86. The standard InChI is InChI=1S/C18H12F9NOS/c1-8-3-4-10(16(19,20)21)5-15(8)30-9(2)28-13-7-14(29)12(18(25,26)27)6-11(13)17(22,23)24/h3-7,28-29H,2H2,1H3. The van der Waals surface area contributed by atoms with Gasteiger partial charge in [0.15, 0.2) is 0 Å². The first-order valence-corrected chi connectivity index (χ1v) is 8.65. The molecule has 2 nitrogen and oxygen atoms in total. The van der Waals surface area contributed by atoms with Crippen LogP contribution in [0.15, 0.2) is 46.8 Å². The Labute approximate surface area is 168 Å². The molecule has 2 N–H and O–H groups in total. The first-order chi connectivity index (χ1) is 13.5. The van der Waals surface area contributed by atoms with Gasteiger partial charge in [-0.15, -0.1) is 0 Å². The predicted octanol–water partition coefficient (Wildman–Crippen LogP) is 7.43. The van der Waals surface area contributed by atoms with E-state index in [1.165, 1.54) is 6.92 Å². The summed E-state index contributed by atoms with van der Waals surface area (Å²) in [6.07, 6.45) is -15.1. The van der Waals surface area contributed by atoms with Crippen molar-refractivity contribution in [3.05, 3.63) is 64.2 Å². The Morgan fingerprint density at radius 2 is 1.43 bits per heavy atom. The summed E-state index contributed by atoms with van der Waals surface area (Å²) in [5.41, 5.74) is -5.17. The van der Waals surface area contributed by atoms with E-state index >= 15 is 0 Å². The van der Waals surface area contributed by atoms with Crippen LogP contribution in [0.2, 0.25) is 0 Å². The van der Waals surface area contributed by atoms with Crippen LogP contribution in [0.4, 0.5) is 45.2 Å². The number of anilines is 1. The van der Waals surface area contributed by atoms with Crippen LogP contribution in [-0.4, -0.2) is 5.11 Å². The van der Waals surface area contributed by atoms with Crippen LogP contribution in [0.1, 0.15) is 22.3 Å². The summed E-state index contributed by atoms with van der Waals surface area (Å²) in [5.74, 6) is -1.45. The Bertz CT molecular complexity index is 962. The molecule has 0 spiro atoms. The van der Waals surface area contributed by atoms with Crippen molar-refractivity contribution in [2.45, 2.75) is 30.3 Å². The van der Waals surface area contributed by atoms with Crippen molar-refractivity contribution >= 4 is 17.4 Å². The van der Waals surface area contributed by atoms with E-state index in [1.54, 1.807) is 0 Å². The van der Waals surface area contributed by atoms with Gasteiger partial charge in [-0.3, -0.25) is 0 Å². The van der Waals surface area contributed by atoms with Crippen LogP contribution in [0.25, 0.3) is 0 Å². The number of rotatable bonds is 4. The van der Waals surface area contributed by atoms with Crippen molar-refractivity contribution in [3.8, 4) is 5.75 Å². The van der Waals surface area contributed by atoms with Gasteiger partial charge < -0.3 is 10.4 Å². The van der Waals surface area contributed by atoms with Gasteiger partial charge in [-0.2, -0.15) is 39.5 Å². The Morgan fingerprint density at radius 1 is 0.867 bits per heavy atom. The zero-order chi connectivity index (χ0) is 23.1. The quantitative estimate of drug-likeness (QED) is 0.367. The number of thioether (sulfide) groups is 1. The molecule has 0 saturated carbocycles. The third-order valence-electron chi connectivity index (χ3n) is 3.77. The van der Waals surface area contributed by atoms with Crippen LogP contribution in [0, 0.1) is 6.92 Å². The molecule has 0 aliphatic rings. The molecule has 0 saturated heterocycles. The lowest BCUT2D eigenvalue weighted by Crippen LogP contribution is -2.14. The molecule has 0 unspecified atom stereocenters. The molecule has 12 heteroatoms. The van der Waals surface area contributed by atoms with Gasteiger partial charge in [0.1, 0.15) is 5.75 Å². The van der Waals surface area contributed by atoms with Gasteiger partial charge in [-0.1, -0.05) is 24.4 Å². The van der Waals surface area contributed by atoms with Crippen LogP contribution < -0.4 is 5.32 Å². The fraction of sp³-hybridized carbons (Fsp3) is 0.222. The maximum Gasteiger partial charge on any atom is 0.419 e. The minimum absolute atomic E-state index is 0.0204. The number of nitrogens with one attached hydrogen (secondary N) is 1. The summed E-state index contributed by atoms with van der Waals surface area (Å²) >= 11 is 0.553. The van der Waals surface area contributed by atoms with Crippen LogP contribution in [-0.2, 0) is 18.5 Å². The average Bonchev–Trinajstić information content (AvgIpc) is 2.53. The molecule has 0 radical (unpaired) electrons. The second kappa shape index (κ2) is 7.97. The Balaban J connectivity index is 2.39. The molecule has 164 valence electrons. The van der Waals surface area contributed by atoms with Gasteiger partial charge in [0.25, 0.3) is 0 Å². The summed E-state index contributed by atoms with van der Waals surface area (Å²) in [6, 6.07) is 2.72. The minimum atomic E-state index is -5.23. The Morgan fingerprint density at radius 3 is 1.93 bits per heavy atom. The van der Waals surface area contributed by atoms with Crippen molar-refractivity contribution in [1.29, 1.82) is 0 Å². The molecule has 0 aliphatic heterocycles. The zero-order valence-corrected chi connectivity index (χ0v) is 15.7. The zero-order valence-electron chi connectivity index (χ0n) is 14.9. The minimum Gasteiger partial charge on any atom is -0.507 e. The second-order valence-electron chi connectivity index (χ2n) is 6.04. The molecule has 30 heavy (non-hydrogen) atoms. The predicted molar refractivity (Wildman–Crippen MR) is 92.9 cm³/mol. The lowest BCUT2D eigenvalue weighted by molar-refractivity contribution is -0.143. The largest absolute Gasteiger partial charge is 0.507 e. The fourth-order valence-corrected chi connectivity index (χ4v) is 3.19. The number of aryl methyl sites for hydroxylation is 1. The number of phenols is 1. The van der Waals surface area contributed by atoms with Gasteiger partial charge >= 0.3 is 18.5 Å². The van der Waals surface area contributed by atoms with E-state index in [1.807, 2.05) is 0 Å². The van der Waals surface area contributed by atoms with E-state index < -0.39 is 46.7 Å². The SMILES string of the molecule is C=C(Nc1cc(O)c(C(F)(F)F)cc1C(F)(F)F)Sc1cc(C(F)(F)F)ccc1C. The third kappa shape index (κ3) is 5.55. The van der Waals surface area contributed by atoms with E-state index in [-0.39, 0.29) is 22.1 Å². The maximum atomic E-state index is 13.2. The number of halogens is 9. The molecule has 0 aromatic heterocycles. The highest BCUT2D eigenvalue weighted by Gasteiger charge is 2.40. The normalized spacial score (nSPS) is 12.7. The molecule has 0 amide bonds. The topological polar surface area (TPSA) is 32.3 Å². The first kappa shape index (κ1) is 23.8. The molecule has 2 aromatic rings. The molecule has 0 aliphatic carbocycles. The molecule has 2 rings (SSSR count). The number of alkyl halides is 9. The summed E-state index contributed by atoms with van der Waals surface area (Å²) in [7, 11) is 0. The smallest absolute Gasteiger partial charge is 0.419 e. The van der Waals surface area contributed by atoms with Gasteiger partial charge in [0, 0.05) is 11.0 Å². The van der Waals surface area contributed by atoms with Crippen molar-refractivity contribution < 1.29 is 44.6 Å². The molecule has 0 bridgehead atoms. The van der Waals surface area contributed by atoms with Crippen LogP contribution in [0.5, 0.6) is 5.75 Å². The van der Waals surface area contributed by atoms with Gasteiger partial charge in [-0.25, -0.2) is 0 Å². The lowest BCUT2D eigenvalue weighted by Gasteiger charge is -2.19. The molecule has 0 fully saturated rings. The number of hydrogen-bond acceptors (Lipinski definition) is 3. The molecular formula is C18H12F9NOS. The summed E-state index contributed by atoms with van der Waals surface area (Å²) < 4.78 is 117. The van der Waals surface area contributed by atoms with Crippen molar-refractivity contribution in [3.63, 3.8) is 0 Å². The Hall–Kier alpha value is -2.50. The third-order valence-corrected chi connectivity index (χ3v) is 4.78. The van der Waals surface area contributed by atoms with Crippen LogP contribution in [0.3, 0.4) is 0 Å². The number of hydrogen-bond donors (Lipinski definition) is 2. The summed E-state index contributed by atoms with van der Waals surface area (Å²) in [4.78, 5) is 0.0204. The first-order valence-electron chi connectivity index (χ1n) is 7.83. The van der Waals surface area contributed by atoms with Crippen molar-refractivity contribution in [1.82, 2.24) is 0 Å². The number of benzene rings is 2. The summed E-state index contributed by atoms with van der Waals surface area (Å²) in [5, 5.41) is 11.3. The molecule has 0 atom stereocenters. The van der Waals surface area contributed by atoms with Crippen LogP contribution >= 0.6 is 11.8 Å². The second-order valence-corrected chi connectivity index (χ2v) is 7.18. The van der Waals surface area contributed by atoms with E-state index in [0.29, 0.717) is 17.3 Å². The van der Waals surface area contributed by atoms with Gasteiger partial charge in [0.05, 0.1) is 27.4 Å². The highest BCUT2D eigenvalue weighted by molar-refractivity contribution is 8.03. The number of phenolic OH excluding ortho intramolecular Hbond substituents is 1. The molecule has 2 aromatic carbocycles. The lowest BCUT2D eigenvalue weighted by atomic mass is 10.1. The average molecular weight is 461 g/mol. The monoisotopic (exact) mass is 461 g/mol. The van der Waals surface area contributed by atoms with Crippen molar-refractivity contribution in [2.75, 3.05) is 5.32 Å². The van der Waals surface area contributed by atoms with E-state index in [4.69, 9.17) is 0 Å². The maximum absolute atomic E-state index is 13.2. The van der Waals surface area contributed by atoms with E-state index in [9.17, 15) is 44.6 Å². The number of aromatic hydroxyl groups is 1.